The lowest BCUT2D eigenvalue weighted by molar-refractivity contribution is 0.181. The summed E-state index contributed by atoms with van der Waals surface area (Å²) in [4.78, 5) is 4.64. The Kier molecular flexibility index (Phi) is 4.47. The van der Waals surface area contributed by atoms with Gasteiger partial charge < -0.3 is 9.30 Å². The molecule has 0 bridgehead atoms. The third-order valence-corrected chi connectivity index (χ3v) is 3.66. The fraction of sp³-hybridized carbons (Fsp3) is 0.692. The minimum Gasteiger partial charge on any atom is -0.385 e. The first kappa shape index (κ1) is 14.3. The van der Waals surface area contributed by atoms with E-state index in [1.165, 1.54) is 0 Å². The molecule has 0 spiro atoms. The summed E-state index contributed by atoms with van der Waals surface area (Å²) in [7, 11) is 1.72. The van der Waals surface area contributed by atoms with Gasteiger partial charge in [-0.15, -0.1) is 11.6 Å². The minimum atomic E-state index is 0.292. The van der Waals surface area contributed by atoms with Gasteiger partial charge in [-0.05, 0) is 27.2 Å². The lowest BCUT2D eigenvalue weighted by Gasteiger charge is -2.17. The predicted molar refractivity (Wildman–Crippen MR) is 76.7 cm³/mol. The zero-order valence-corrected chi connectivity index (χ0v) is 12.7. The van der Waals surface area contributed by atoms with Crippen LogP contribution < -0.4 is 0 Å². The molecule has 0 radical (unpaired) electrons. The second kappa shape index (κ2) is 5.92. The maximum Gasteiger partial charge on any atom is 0.159 e. The van der Waals surface area contributed by atoms with Gasteiger partial charge in [0.2, 0.25) is 0 Å². The minimum absolute atomic E-state index is 0.292. The smallest absolute Gasteiger partial charge is 0.159 e. The van der Waals surface area contributed by atoms with Crippen molar-refractivity contribution in [2.45, 2.75) is 45.7 Å². The molecule has 0 fully saturated rings. The Labute approximate surface area is 118 Å². The predicted octanol–water partition coefficient (Wildman–Crippen LogP) is 2.90. The summed E-state index contributed by atoms with van der Waals surface area (Å²) in [6, 6.07) is 0.292. The molecule has 2 heterocycles. The van der Waals surface area contributed by atoms with Crippen molar-refractivity contribution in [3.8, 4) is 0 Å². The van der Waals surface area contributed by atoms with Crippen molar-refractivity contribution in [3.05, 3.63) is 11.5 Å². The number of imidazole rings is 1. The zero-order valence-electron chi connectivity index (χ0n) is 12.0. The van der Waals surface area contributed by atoms with E-state index in [0.717, 1.165) is 42.3 Å². The first-order chi connectivity index (χ1) is 9.13. The van der Waals surface area contributed by atoms with Crippen molar-refractivity contribution in [3.63, 3.8) is 0 Å². The molecule has 1 atom stereocenters. The van der Waals surface area contributed by atoms with Crippen LogP contribution in [0, 0.1) is 6.92 Å². The van der Waals surface area contributed by atoms with E-state index in [9.17, 15) is 0 Å². The molecule has 0 amide bonds. The summed E-state index contributed by atoms with van der Waals surface area (Å²) in [5.41, 5.74) is 2.99. The molecule has 0 saturated heterocycles. The SMILES string of the molecule is CCn1nc(C)c2nc(CCl)n(C(C)CCOC)c21. The number of aromatic nitrogens is 4. The van der Waals surface area contributed by atoms with E-state index < -0.39 is 0 Å². The normalized spacial score (nSPS) is 13.3. The molecule has 6 heteroatoms. The van der Waals surface area contributed by atoms with Gasteiger partial charge in [0.05, 0.1) is 11.6 Å². The summed E-state index contributed by atoms with van der Waals surface area (Å²) < 4.78 is 9.37. The Morgan fingerprint density at radius 1 is 1.42 bits per heavy atom. The van der Waals surface area contributed by atoms with Crippen molar-refractivity contribution in [1.82, 2.24) is 19.3 Å². The monoisotopic (exact) mass is 284 g/mol. The number of nitrogens with zero attached hydrogens (tertiary/aromatic N) is 4. The number of ether oxygens (including phenoxy) is 1. The van der Waals surface area contributed by atoms with Gasteiger partial charge in [0, 0.05) is 26.3 Å². The maximum atomic E-state index is 6.04. The maximum absolute atomic E-state index is 6.04. The largest absolute Gasteiger partial charge is 0.385 e. The number of halogens is 1. The molecule has 5 nitrogen and oxygen atoms in total. The third-order valence-electron chi connectivity index (χ3n) is 3.42. The number of rotatable bonds is 6. The van der Waals surface area contributed by atoms with Gasteiger partial charge >= 0.3 is 0 Å². The third kappa shape index (κ3) is 2.49. The molecule has 0 aliphatic heterocycles. The van der Waals surface area contributed by atoms with E-state index in [4.69, 9.17) is 16.3 Å². The first-order valence-electron chi connectivity index (χ1n) is 6.63. The van der Waals surface area contributed by atoms with E-state index in [1.54, 1.807) is 7.11 Å². The second-order valence-electron chi connectivity index (χ2n) is 4.74. The molecule has 0 aromatic carbocycles. The second-order valence-corrected chi connectivity index (χ2v) is 5.00. The van der Waals surface area contributed by atoms with Crippen LogP contribution in [0.3, 0.4) is 0 Å². The Balaban J connectivity index is 2.55. The Bertz CT molecular complexity index is 560. The number of fused-ring (bicyclic) bond motifs is 1. The summed E-state index contributed by atoms with van der Waals surface area (Å²) >= 11 is 6.04. The number of hydrogen-bond acceptors (Lipinski definition) is 3. The van der Waals surface area contributed by atoms with E-state index in [2.05, 4.69) is 28.5 Å². The van der Waals surface area contributed by atoms with Crippen LogP contribution in [0.25, 0.3) is 11.2 Å². The van der Waals surface area contributed by atoms with Gasteiger partial charge in [-0.3, -0.25) is 0 Å². The molecule has 106 valence electrons. The summed E-state index contributed by atoms with van der Waals surface area (Å²) in [6.45, 7) is 7.79. The molecule has 0 aliphatic rings. The van der Waals surface area contributed by atoms with Gasteiger partial charge in [-0.25, -0.2) is 9.67 Å². The standard InChI is InChI=1S/C13H21ClN4O/c1-5-17-13-12(10(3)16-17)15-11(8-14)18(13)9(2)6-7-19-4/h9H,5-8H2,1-4H3. The van der Waals surface area contributed by atoms with E-state index >= 15 is 0 Å². The Hall–Kier alpha value is -1.07. The van der Waals surface area contributed by atoms with Crippen molar-refractivity contribution in [2.24, 2.45) is 0 Å². The highest BCUT2D eigenvalue weighted by molar-refractivity contribution is 6.16. The molecule has 2 aromatic rings. The van der Waals surface area contributed by atoms with Gasteiger partial charge in [-0.2, -0.15) is 5.10 Å². The Morgan fingerprint density at radius 2 is 2.16 bits per heavy atom. The lowest BCUT2D eigenvalue weighted by Crippen LogP contribution is -2.13. The number of aryl methyl sites for hydroxylation is 2. The van der Waals surface area contributed by atoms with E-state index in [0.29, 0.717) is 11.9 Å². The average molecular weight is 285 g/mol. The molecule has 2 aromatic heterocycles. The molecular weight excluding hydrogens is 264 g/mol. The van der Waals surface area contributed by atoms with Crippen molar-refractivity contribution >= 4 is 22.8 Å². The van der Waals surface area contributed by atoms with Crippen molar-refractivity contribution in [1.29, 1.82) is 0 Å². The molecule has 1 unspecified atom stereocenters. The van der Waals surface area contributed by atoms with Crippen LogP contribution in [0.15, 0.2) is 0 Å². The Morgan fingerprint density at radius 3 is 2.74 bits per heavy atom. The highest BCUT2D eigenvalue weighted by Crippen LogP contribution is 2.26. The van der Waals surface area contributed by atoms with Gasteiger partial charge in [0.1, 0.15) is 11.3 Å². The zero-order chi connectivity index (χ0) is 14.0. The van der Waals surface area contributed by atoms with Gasteiger partial charge in [-0.1, -0.05) is 0 Å². The number of methoxy groups -OCH3 is 1. The van der Waals surface area contributed by atoms with Crippen LogP contribution in [0.2, 0.25) is 0 Å². The molecular formula is C13H21ClN4O. The highest BCUT2D eigenvalue weighted by atomic mass is 35.5. The van der Waals surface area contributed by atoms with Crippen molar-refractivity contribution < 1.29 is 4.74 Å². The molecule has 0 saturated carbocycles. The number of alkyl halides is 1. The fourth-order valence-electron chi connectivity index (χ4n) is 2.43. The van der Waals surface area contributed by atoms with Crippen LogP contribution in [-0.2, 0) is 17.2 Å². The lowest BCUT2D eigenvalue weighted by atomic mass is 10.2. The van der Waals surface area contributed by atoms with Crippen LogP contribution in [0.5, 0.6) is 0 Å². The molecule has 19 heavy (non-hydrogen) atoms. The topological polar surface area (TPSA) is 44.9 Å². The quantitative estimate of drug-likeness (QED) is 0.766. The fourth-order valence-corrected chi connectivity index (χ4v) is 2.62. The van der Waals surface area contributed by atoms with Crippen LogP contribution in [-0.4, -0.2) is 33.0 Å². The van der Waals surface area contributed by atoms with E-state index in [-0.39, 0.29) is 0 Å². The molecule has 0 N–H and O–H groups in total. The summed E-state index contributed by atoms with van der Waals surface area (Å²) in [5, 5.41) is 4.53. The van der Waals surface area contributed by atoms with Crippen LogP contribution in [0.4, 0.5) is 0 Å². The summed E-state index contributed by atoms with van der Waals surface area (Å²) in [6.07, 6.45) is 0.930. The van der Waals surface area contributed by atoms with Gasteiger partial charge in [0.25, 0.3) is 0 Å². The first-order valence-corrected chi connectivity index (χ1v) is 7.16. The van der Waals surface area contributed by atoms with Crippen LogP contribution in [0.1, 0.15) is 37.8 Å². The highest BCUT2D eigenvalue weighted by Gasteiger charge is 2.20. The van der Waals surface area contributed by atoms with Crippen LogP contribution >= 0.6 is 11.6 Å². The van der Waals surface area contributed by atoms with Gasteiger partial charge in [0.15, 0.2) is 5.65 Å². The number of hydrogen-bond donors (Lipinski definition) is 0. The summed E-state index contributed by atoms with van der Waals surface area (Å²) in [5.74, 6) is 1.32. The molecule has 2 rings (SSSR count). The molecule has 0 aliphatic carbocycles. The van der Waals surface area contributed by atoms with Crippen molar-refractivity contribution in [2.75, 3.05) is 13.7 Å². The average Bonchev–Trinajstić information content (AvgIpc) is 2.93. The van der Waals surface area contributed by atoms with E-state index in [1.807, 2.05) is 11.6 Å².